The van der Waals surface area contributed by atoms with Crippen molar-refractivity contribution in [2.75, 3.05) is 13.1 Å². The molecule has 4 nitrogen and oxygen atoms in total. The first-order valence-corrected chi connectivity index (χ1v) is 6.88. The number of carbonyl (C=O) groups excluding carboxylic acids is 1. The number of nitrogens with zero attached hydrogens (tertiary/aromatic N) is 2. The summed E-state index contributed by atoms with van der Waals surface area (Å²) in [5, 5.41) is 0.0959. The maximum atomic E-state index is 12.4. The van der Waals surface area contributed by atoms with Gasteiger partial charge in [0.15, 0.2) is 5.58 Å². The normalized spacial score (nSPS) is 10.9. The summed E-state index contributed by atoms with van der Waals surface area (Å²) >= 11 is 5.70. The third-order valence-electron chi connectivity index (χ3n) is 2.88. The molecule has 0 saturated carbocycles. The number of amides is 1. The van der Waals surface area contributed by atoms with Gasteiger partial charge in [-0.2, -0.15) is 4.98 Å². The second-order valence-electron chi connectivity index (χ2n) is 4.44. The van der Waals surface area contributed by atoms with E-state index in [1.165, 1.54) is 0 Å². The molecule has 19 heavy (non-hydrogen) atoms. The van der Waals surface area contributed by atoms with Crippen molar-refractivity contribution in [1.82, 2.24) is 9.88 Å². The molecule has 0 spiro atoms. The van der Waals surface area contributed by atoms with E-state index in [1.807, 2.05) is 4.90 Å². The maximum Gasteiger partial charge on any atom is 0.293 e. The van der Waals surface area contributed by atoms with Gasteiger partial charge in [-0.3, -0.25) is 4.79 Å². The summed E-state index contributed by atoms with van der Waals surface area (Å²) in [7, 11) is 0. The number of halogens is 1. The quantitative estimate of drug-likeness (QED) is 0.838. The first-order valence-electron chi connectivity index (χ1n) is 6.51. The summed E-state index contributed by atoms with van der Waals surface area (Å²) in [6.07, 6.45) is 1.90. The zero-order chi connectivity index (χ0) is 13.8. The van der Waals surface area contributed by atoms with Crippen molar-refractivity contribution < 1.29 is 9.21 Å². The lowest BCUT2D eigenvalue weighted by Gasteiger charge is -2.21. The Morgan fingerprint density at radius 3 is 2.63 bits per heavy atom. The minimum Gasteiger partial charge on any atom is -0.428 e. The van der Waals surface area contributed by atoms with Crippen LogP contribution in [-0.2, 0) is 0 Å². The standard InChI is InChI=1S/C14H17ClN2O2/c1-3-7-17(8-4-2)13(18)10-5-6-12-11(9-10)16-14(15)19-12/h5-6,9H,3-4,7-8H2,1-2H3. The first-order chi connectivity index (χ1) is 9.15. The summed E-state index contributed by atoms with van der Waals surface area (Å²) in [5.41, 5.74) is 1.84. The predicted octanol–water partition coefficient (Wildman–Crippen LogP) is 3.74. The van der Waals surface area contributed by atoms with Crippen LogP contribution in [0.1, 0.15) is 37.0 Å². The molecule has 2 aromatic rings. The molecule has 1 aromatic carbocycles. The Morgan fingerprint density at radius 2 is 2.00 bits per heavy atom. The van der Waals surface area contributed by atoms with Gasteiger partial charge >= 0.3 is 0 Å². The van der Waals surface area contributed by atoms with Crippen molar-refractivity contribution in [3.63, 3.8) is 0 Å². The number of hydrogen-bond acceptors (Lipinski definition) is 3. The van der Waals surface area contributed by atoms with Crippen LogP contribution in [-0.4, -0.2) is 28.9 Å². The average molecular weight is 281 g/mol. The van der Waals surface area contributed by atoms with Crippen molar-refractivity contribution in [3.05, 3.63) is 29.1 Å². The Bertz CT molecular complexity index is 574. The Kier molecular flexibility index (Phi) is 4.43. The van der Waals surface area contributed by atoms with Crippen LogP contribution in [0.5, 0.6) is 0 Å². The number of carbonyl (C=O) groups is 1. The Balaban J connectivity index is 2.28. The molecule has 5 heteroatoms. The molecule has 0 N–H and O–H groups in total. The fraction of sp³-hybridized carbons (Fsp3) is 0.429. The third kappa shape index (κ3) is 3.07. The van der Waals surface area contributed by atoms with E-state index < -0.39 is 0 Å². The van der Waals surface area contributed by atoms with Gasteiger partial charge in [0.2, 0.25) is 0 Å². The average Bonchev–Trinajstić information content (AvgIpc) is 2.76. The van der Waals surface area contributed by atoms with Crippen molar-refractivity contribution in [2.45, 2.75) is 26.7 Å². The van der Waals surface area contributed by atoms with Crippen LogP contribution < -0.4 is 0 Å². The highest BCUT2D eigenvalue weighted by molar-refractivity contribution is 6.28. The van der Waals surface area contributed by atoms with Gasteiger partial charge in [-0.05, 0) is 42.6 Å². The van der Waals surface area contributed by atoms with E-state index in [0.717, 1.165) is 25.9 Å². The van der Waals surface area contributed by atoms with Crippen molar-refractivity contribution in [1.29, 1.82) is 0 Å². The number of oxazole rings is 1. The summed E-state index contributed by atoms with van der Waals surface area (Å²) in [4.78, 5) is 18.3. The molecule has 0 atom stereocenters. The smallest absolute Gasteiger partial charge is 0.293 e. The molecule has 102 valence electrons. The lowest BCUT2D eigenvalue weighted by molar-refractivity contribution is 0.0755. The first kappa shape index (κ1) is 13.9. The molecule has 0 aliphatic rings. The van der Waals surface area contributed by atoms with Gasteiger partial charge in [0.05, 0.1) is 0 Å². The van der Waals surface area contributed by atoms with Crippen LogP contribution >= 0.6 is 11.6 Å². The minimum atomic E-state index is 0.0322. The Hall–Kier alpha value is -1.55. The highest BCUT2D eigenvalue weighted by Crippen LogP contribution is 2.20. The highest BCUT2D eigenvalue weighted by atomic mass is 35.5. The Morgan fingerprint density at radius 1 is 1.32 bits per heavy atom. The molecule has 1 amide bonds. The van der Waals surface area contributed by atoms with Gasteiger partial charge < -0.3 is 9.32 Å². The summed E-state index contributed by atoms with van der Waals surface area (Å²) < 4.78 is 5.19. The lowest BCUT2D eigenvalue weighted by Crippen LogP contribution is -2.32. The Labute approximate surface area is 117 Å². The number of fused-ring (bicyclic) bond motifs is 1. The third-order valence-corrected chi connectivity index (χ3v) is 3.04. The largest absolute Gasteiger partial charge is 0.428 e. The number of rotatable bonds is 5. The fourth-order valence-corrected chi connectivity index (χ4v) is 2.24. The van der Waals surface area contributed by atoms with Crippen LogP contribution in [0.4, 0.5) is 0 Å². The van der Waals surface area contributed by atoms with Gasteiger partial charge in [-0.15, -0.1) is 0 Å². The van der Waals surface area contributed by atoms with Crippen LogP contribution in [0.15, 0.2) is 22.6 Å². The number of hydrogen-bond donors (Lipinski definition) is 0. The topological polar surface area (TPSA) is 46.3 Å². The SMILES string of the molecule is CCCN(CCC)C(=O)c1ccc2oc(Cl)nc2c1. The zero-order valence-electron chi connectivity index (χ0n) is 11.1. The fourth-order valence-electron chi connectivity index (χ4n) is 2.07. The number of aromatic nitrogens is 1. The van der Waals surface area contributed by atoms with E-state index in [2.05, 4.69) is 18.8 Å². The minimum absolute atomic E-state index is 0.0322. The lowest BCUT2D eigenvalue weighted by atomic mass is 10.1. The van der Waals surface area contributed by atoms with Crippen LogP contribution in [0.25, 0.3) is 11.1 Å². The van der Waals surface area contributed by atoms with Gasteiger partial charge in [0.25, 0.3) is 11.3 Å². The van der Waals surface area contributed by atoms with Gasteiger partial charge in [-0.25, -0.2) is 0 Å². The summed E-state index contributed by atoms with van der Waals surface area (Å²) in [6.45, 7) is 5.67. The molecule has 1 aromatic heterocycles. The van der Waals surface area contributed by atoms with Crippen LogP contribution in [0, 0.1) is 0 Å². The molecule has 1 heterocycles. The molecule has 0 bridgehead atoms. The van der Waals surface area contributed by atoms with Gasteiger partial charge in [-0.1, -0.05) is 13.8 Å². The van der Waals surface area contributed by atoms with E-state index in [9.17, 15) is 4.79 Å². The second-order valence-corrected chi connectivity index (χ2v) is 4.76. The summed E-state index contributed by atoms with van der Waals surface area (Å²) in [5.74, 6) is 0.0322. The molecule has 0 saturated heterocycles. The van der Waals surface area contributed by atoms with Crippen LogP contribution in [0.2, 0.25) is 5.35 Å². The molecule has 0 unspecified atom stereocenters. The van der Waals surface area contributed by atoms with E-state index >= 15 is 0 Å². The summed E-state index contributed by atoms with van der Waals surface area (Å²) in [6, 6.07) is 5.22. The second kappa shape index (κ2) is 6.06. The maximum absolute atomic E-state index is 12.4. The molecular formula is C14H17ClN2O2. The van der Waals surface area contributed by atoms with Crippen molar-refractivity contribution in [2.24, 2.45) is 0 Å². The van der Waals surface area contributed by atoms with Gasteiger partial charge in [0, 0.05) is 18.7 Å². The molecule has 0 aliphatic carbocycles. The number of benzene rings is 1. The van der Waals surface area contributed by atoms with Gasteiger partial charge in [0.1, 0.15) is 5.52 Å². The van der Waals surface area contributed by atoms with E-state index in [1.54, 1.807) is 18.2 Å². The zero-order valence-corrected chi connectivity index (χ0v) is 11.9. The monoisotopic (exact) mass is 280 g/mol. The molecular weight excluding hydrogens is 264 g/mol. The van der Waals surface area contributed by atoms with E-state index in [-0.39, 0.29) is 11.3 Å². The predicted molar refractivity (Wildman–Crippen MR) is 75.5 cm³/mol. The molecule has 0 aliphatic heterocycles. The molecule has 0 fully saturated rings. The van der Waals surface area contributed by atoms with E-state index in [4.69, 9.17) is 16.0 Å². The highest BCUT2D eigenvalue weighted by Gasteiger charge is 2.15. The van der Waals surface area contributed by atoms with E-state index in [0.29, 0.717) is 16.7 Å². The molecule has 2 rings (SSSR count). The van der Waals surface area contributed by atoms with Crippen molar-refractivity contribution in [3.8, 4) is 0 Å². The van der Waals surface area contributed by atoms with Crippen molar-refractivity contribution >= 4 is 28.6 Å². The molecule has 0 radical (unpaired) electrons. The van der Waals surface area contributed by atoms with Crippen LogP contribution in [0.3, 0.4) is 0 Å².